The van der Waals surface area contributed by atoms with Gasteiger partial charge in [0, 0.05) is 84.7 Å². The lowest BCUT2D eigenvalue weighted by Gasteiger charge is -2.37. The number of nitrogens with zero attached hydrogens (tertiary/aromatic N) is 3. The summed E-state index contributed by atoms with van der Waals surface area (Å²) < 4.78 is 109. The lowest BCUT2D eigenvalue weighted by atomic mass is 9.87. The molecule has 4 aromatic carbocycles. The smallest absolute Gasteiger partial charge is 0.427 e. The van der Waals surface area contributed by atoms with Crippen molar-refractivity contribution in [2.75, 3.05) is 74.5 Å². The highest BCUT2D eigenvalue weighted by atomic mass is 35.5. The summed E-state index contributed by atoms with van der Waals surface area (Å²) >= 11 is 13.3. The Hall–Kier alpha value is -4.99. The molecule has 4 aromatic rings. The topological polar surface area (TPSA) is 172 Å². The third-order valence-electron chi connectivity index (χ3n) is 12.5. The number of sulfonamides is 1. The van der Waals surface area contributed by atoms with E-state index in [1.165, 1.54) is 45.5 Å². The van der Waals surface area contributed by atoms with Gasteiger partial charge in [0.2, 0.25) is 6.79 Å². The number of rotatable bonds is 22. The largest absolute Gasteiger partial charge is 0.501 e. The number of amides is 2. The summed E-state index contributed by atoms with van der Waals surface area (Å²) in [5.74, 6) is -1.25. The maximum atomic E-state index is 14.4. The standard InChI is InChI=1S/C52H62Cl2F3N5O9S3/c1-51(2,3)49(64)70-36-71-50(65)62(27-10-9-26-53)28-25-41(35-72-43-12-5-4-6-13-43)58-46-24-23-44(33-47(46)73(66,67)52(55,56)57)74(68,69)59-48(63)38-17-21-42(22-18-38)61-31-29-60(30-32-61)34-39-11-7-8-14-45(39)37-15-19-40(54)20-16-37/h4-6,12-13,15-24,33,41,58H,7-11,14,25-32,34-36H2,1-3H3,(H,59,63)/t41-/m1/s1. The van der Waals surface area contributed by atoms with Crippen LogP contribution in [0.4, 0.5) is 29.3 Å². The van der Waals surface area contributed by atoms with Gasteiger partial charge in [-0.25, -0.2) is 26.4 Å². The van der Waals surface area contributed by atoms with Gasteiger partial charge in [0.25, 0.3) is 25.8 Å². The second-order valence-corrected chi connectivity index (χ2v) is 24.5. The Morgan fingerprint density at radius 3 is 2.15 bits per heavy atom. The van der Waals surface area contributed by atoms with Gasteiger partial charge in [-0.05, 0) is 144 Å². The monoisotopic (exact) mass is 1120 g/mol. The maximum absolute atomic E-state index is 14.4. The van der Waals surface area contributed by atoms with Gasteiger partial charge in [0.15, 0.2) is 0 Å². The number of nitrogens with one attached hydrogen (secondary N) is 2. The molecule has 0 saturated carbocycles. The van der Waals surface area contributed by atoms with Crippen LogP contribution in [0.2, 0.25) is 5.02 Å². The number of anilines is 2. The fourth-order valence-electron chi connectivity index (χ4n) is 8.35. The van der Waals surface area contributed by atoms with Crippen LogP contribution in [0.25, 0.3) is 5.57 Å². The van der Waals surface area contributed by atoms with E-state index in [1.807, 2.05) is 16.9 Å². The van der Waals surface area contributed by atoms with Crippen molar-refractivity contribution in [1.82, 2.24) is 14.5 Å². The maximum Gasteiger partial charge on any atom is 0.501 e. The minimum atomic E-state index is -6.21. The average molecular weight is 1130 g/mol. The Kier molecular flexibility index (Phi) is 20.6. The number of unbranched alkanes of at least 4 members (excludes halogenated alkanes) is 1. The molecular formula is C52H62Cl2F3N5O9S3. The van der Waals surface area contributed by atoms with Crippen molar-refractivity contribution in [3.8, 4) is 0 Å². The average Bonchev–Trinajstić information content (AvgIpc) is 3.36. The number of piperazine rings is 1. The van der Waals surface area contributed by atoms with Crippen molar-refractivity contribution in [3.05, 3.63) is 119 Å². The summed E-state index contributed by atoms with van der Waals surface area (Å²) in [5.41, 5.74) is -2.49. The number of alkyl halides is 4. The van der Waals surface area contributed by atoms with Gasteiger partial charge < -0.3 is 24.6 Å². The van der Waals surface area contributed by atoms with E-state index in [4.69, 9.17) is 32.7 Å². The number of ether oxygens (including phenoxy) is 2. The number of halogens is 5. The van der Waals surface area contributed by atoms with Crippen LogP contribution in [0, 0.1) is 5.41 Å². The number of carbonyl (C=O) groups is 3. The first-order valence-corrected chi connectivity index (χ1v) is 29.1. The van der Waals surface area contributed by atoms with Gasteiger partial charge in [-0.2, -0.15) is 13.2 Å². The highest BCUT2D eigenvalue weighted by Gasteiger charge is 2.48. The molecule has 1 saturated heterocycles. The Bertz CT molecular complexity index is 2810. The molecule has 6 rings (SSSR count). The number of sulfone groups is 1. The van der Waals surface area contributed by atoms with Crippen molar-refractivity contribution in [3.63, 3.8) is 0 Å². The third kappa shape index (κ3) is 16.3. The molecule has 1 heterocycles. The van der Waals surface area contributed by atoms with E-state index in [-0.39, 0.29) is 30.8 Å². The second-order valence-electron chi connectivity index (χ2n) is 19.0. The molecular weight excluding hydrogens is 1060 g/mol. The predicted molar refractivity (Wildman–Crippen MR) is 284 cm³/mol. The molecule has 0 bridgehead atoms. The van der Waals surface area contributed by atoms with Gasteiger partial charge in [-0.15, -0.1) is 23.4 Å². The number of carbonyl (C=O) groups excluding carboxylic acids is 3. The summed E-state index contributed by atoms with van der Waals surface area (Å²) in [5, 5.41) is 3.58. The first kappa shape index (κ1) is 58.3. The van der Waals surface area contributed by atoms with Gasteiger partial charge in [0.05, 0.1) is 16.0 Å². The number of benzene rings is 4. The zero-order valence-corrected chi connectivity index (χ0v) is 45.4. The van der Waals surface area contributed by atoms with Crippen LogP contribution in [-0.2, 0) is 34.1 Å². The Morgan fingerprint density at radius 1 is 0.824 bits per heavy atom. The number of esters is 1. The van der Waals surface area contributed by atoms with Gasteiger partial charge >= 0.3 is 17.6 Å². The van der Waals surface area contributed by atoms with Crippen LogP contribution in [0.5, 0.6) is 0 Å². The molecule has 402 valence electrons. The van der Waals surface area contributed by atoms with Crippen LogP contribution >= 0.6 is 35.0 Å². The fraction of sp³-hybridized carbons (Fsp3) is 0.442. The molecule has 1 aliphatic carbocycles. The van der Waals surface area contributed by atoms with Crippen molar-refractivity contribution in [1.29, 1.82) is 0 Å². The van der Waals surface area contributed by atoms with Gasteiger partial charge in [-0.3, -0.25) is 14.5 Å². The zero-order chi connectivity index (χ0) is 53.7. The highest BCUT2D eigenvalue weighted by Crippen LogP contribution is 2.37. The van der Waals surface area contributed by atoms with Crippen LogP contribution in [0.1, 0.15) is 81.6 Å². The third-order valence-corrected chi connectivity index (χ3v) is 17.0. The lowest BCUT2D eigenvalue weighted by molar-refractivity contribution is -0.161. The summed E-state index contributed by atoms with van der Waals surface area (Å²) in [4.78, 5) is 43.3. The molecule has 0 aromatic heterocycles. The Labute approximate surface area is 446 Å². The number of thioether (sulfide) groups is 1. The molecule has 1 atom stereocenters. The van der Waals surface area contributed by atoms with E-state index in [1.54, 1.807) is 63.2 Å². The van der Waals surface area contributed by atoms with E-state index in [9.17, 15) is 44.4 Å². The Morgan fingerprint density at radius 2 is 1.50 bits per heavy atom. The first-order valence-electron chi connectivity index (χ1n) is 24.2. The van der Waals surface area contributed by atoms with Crippen molar-refractivity contribution in [2.45, 2.75) is 92.0 Å². The van der Waals surface area contributed by atoms with Crippen LogP contribution in [0.15, 0.2) is 117 Å². The van der Waals surface area contributed by atoms with E-state index in [2.05, 4.69) is 27.2 Å². The summed E-state index contributed by atoms with van der Waals surface area (Å²) in [6.45, 7) is 8.21. The molecule has 22 heteroatoms. The van der Waals surface area contributed by atoms with Crippen LogP contribution in [-0.4, -0.2) is 120 Å². The molecule has 2 N–H and O–H groups in total. The lowest BCUT2D eigenvalue weighted by Crippen LogP contribution is -2.47. The normalized spacial score (nSPS) is 15.3. The zero-order valence-electron chi connectivity index (χ0n) is 41.5. The van der Waals surface area contributed by atoms with E-state index >= 15 is 0 Å². The van der Waals surface area contributed by atoms with Crippen LogP contribution < -0.4 is 14.9 Å². The summed E-state index contributed by atoms with van der Waals surface area (Å²) in [6, 6.07) is 24.5. The number of hydrogen-bond acceptors (Lipinski definition) is 13. The predicted octanol–water partition coefficient (Wildman–Crippen LogP) is 10.9. The molecule has 0 radical (unpaired) electrons. The minimum Gasteiger partial charge on any atom is -0.427 e. The first-order chi connectivity index (χ1) is 35.1. The van der Waals surface area contributed by atoms with Gasteiger partial charge in [-0.1, -0.05) is 47.5 Å². The highest BCUT2D eigenvalue weighted by molar-refractivity contribution is 7.99. The quantitative estimate of drug-likeness (QED) is 0.0251. The molecule has 0 spiro atoms. The molecule has 0 unspecified atom stereocenters. The second kappa shape index (κ2) is 26.2. The molecule has 74 heavy (non-hydrogen) atoms. The van der Waals surface area contributed by atoms with E-state index in [0.717, 1.165) is 68.0 Å². The molecule has 1 aliphatic heterocycles. The molecule has 2 aliphatic rings. The summed E-state index contributed by atoms with van der Waals surface area (Å²) in [6.07, 6.45) is 4.54. The van der Waals surface area contributed by atoms with Crippen molar-refractivity contribution >= 4 is 89.7 Å². The van der Waals surface area contributed by atoms with Gasteiger partial charge in [0.1, 0.15) is 4.90 Å². The van der Waals surface area contributed by atoms with Crippen LogP contribution in [0.3, 0.4) is 0 Å². The summed E-state index contributed by atoms with van der Waals surface area (Å²) in [7, 11) is -11.2. The van der Waals surface area contributed by atoms with E-state index < -0.39 is 77.1 Å². The molecule has 2 amide bonds. The number of hydrogen-bond donors (Lipinski definition) is 2. The number of allylic oxidation sites excluding steroid dienone is 1. The molecule has 1 fully saturated rings. The van der Waals surface area contributed by atoms with Crippen molar-refractivity contribution < 1.29 is 53.9 Å². The van der Waals surface area contributed by atoms with E-state index in [0.29, 0.717) is 42.9 Å². The molecule has 14 nitrogen and oxygen atoms in total. The Balaban J connectivity index is 1.15. The minimum absolute atomic E-state index is 0.0270. The van der Waals surface area contributed by atoms with Crippen molar-refractivity contribution in [2.24, 2.45) is 5.41 Å². The SMILES string of the molecule is CC(C)(C)C(=O)OCOC(=O)N(CCCCCl)CC[C@H](CSc1ccccc1)Nc1ccc(S(=O)(=O)NC(=O)c2ccc(N3CCN(CC4=C(c5ccc(Cl)cc5)CCCC4)CC3)cc2)cc1S(=O)(=O)C(F)(F)F. The fourth-order valence-corrected chi connectivity index (χ4v) is 11.7.